The topological polar surface area (TPSA) is 79.4 Å². The number of anilines is 2. The fraction of sp³-hybridized carbons (Fsp3) is 0.346. The number of likely N-dealkylation sites (tertiary alicyclic amines) is 1. The maximum atomic E-state index is 13.8. The zero-order chi connectivity index (χ0) is 27.3. The molecule has 0 bridgehead atoms. The van der Waals surface area contributed by atoms with E-state index in [0.29, 0.717) is 47.5 Å². The molecular weight excluding hydrogens is 542 g/mol. The van der Waals surface area contributed by atoms with Crippen LogP contribution in [-0.4, -0.2) is 46.5 Å². The first kappa shape index (κ1) is 27.9. The third-order valence-electron chi connectivity index (χ3n) is 6.03. The molecule has 3 aromatic rings. The Bertz CT molecular complexity index is 1270. The molecule has 0 aliphatic carbocycles. The van der Waals surface area contributed by atoms with Crippen LogP contribution in [0, 0.1) is 0 Å². The van der Waals surface area contributed by atoms with Crippen molar-refractivity contribution < 1.29 is 22.7 Å². The Morgan fingerprint density at radius 2 is 1.84 bits per heavy atom. The van der Waals surface area contributed by atoms with Crippen LogP contribution in [0.4, 0.5) is 24.8 Å². The number of alkyl halides is 3. The number of benzene rings is 2. The molecule has 0 unspecified atom stereocenters. The van der Waals surface area contributed by atoms with Crippen LogP contribution in [0.25, 0.3) is 0 Å². The van der Waals surface area contributed by atoms with Crippen molar-refractivity contribution in [3.8, 4) is 5.75 Å². The molecule has 202 valence electrons. The van der Waals surface area contributed by atoms with Gasteiger partial charge in [-0.2, -0.15) is 13.2 Å². The van der Waals surface area contributed by atoms with Crippen LogP contribution in [-0.2, 0) is 12.7 Å². The molecular formula is C26H26Cl2F3N5O2. The lowest BCUT2D eigenvalue weighted by molar-refractivity contribution is -0.141. The monoisotopic (exact) mass is 567 g/mol. The highest BCUT2D eigenvalue weighted by atomic mass is 35.5. The number of carbonyl (C=O) groups is 1. The summed E-state index contributed by atoms with van der Waals surface area (Å²) in [5, 5.41) is 6.41. The predicted molar refractivity (Wildman–Crippen MR) is 141 cm³/mol. The van der Waals surface area contributed by atoms with Crippen molar-refractivity contribution in [1.29, 1.82) is 0 Å². The van der Waals surface area contributed by atoms with Crippen molar-refractivity contribution >= 4 is 40.7 Å². The lowest BCUT2D eigenvalue weighted by Crippen LogP contribution is -2.39. The van der Waals surface area contributed by atoms with E-state index in [0.717, 1.165) is 24.8 Å². The molecule has 1 aliphatic rings. The normalized spacial score (nSPS) is 14.8. The number of carbonyl (C=O) groups excluding carboxylic acids is 1. The Hall–Kier alpha value is -3.08. The van der Waals surface area contributed by atoms with Crippen molar-refractivity contribution in [2.45, 2.75) is 38.5 Å². The van der Waals surface area contributed by atoms with Crippen LogP contribution in [0.3, 0.4) is 0 Å². The van der Waals surface area contributed by atoms with E-state index in [1.807, 2.05) is 25.1 Å². The number of halogens is 5. The zero-order valence-electron chi connectivity index (χ0n) is 20.5. The second-order valence-corrected chi connectivity index (χ2v) is 9.65. The molecule has 2 heterocycles. The van der Waals surface area contributed by atoms with Gasteiger partial charge in [-0.05, 0) is 61.7 Å². The maximum Gasteiger partial charge on any atom is 0.434 e. The highest BCUT2D eigenvalue weighted by Gasteiger charge is 2.38. The summed E-state index contributed by atoms with van der Waals surface area (Å²) in [6.07, 6.45) is -2.56. The molecule has 0 radical (unpaired) electrons. The second kappa shape index (κ2) is 12.2. The minimum atomic E-state index is -4.84. The van der Waals surface area contributed by atoms with Gasteiger partial charge in [0.2, 0.25) is 5.95 Å². The molecule has 12 heteroatoms. The molecule has 7 nitrogen and oxygen atoms in total. The summed E-state index contributed by atoms with van der Waals surface area (Å²) in [4.78, 5) is 22.5. The highest BCUT2D eigenvalue weighted by Crippen LogP contribution is 2.32. The van der Waals surface area contributed by atoms with E-state index in [1.54, 1.807) is 0 Å². The molecule has 1 fully saturated rings. The van der Waals surface area contributed by atoms with E-state index in [-0.39, 0.29) is 12.0 Å². The molecule has 1 amide bonds. The highest BCUT2D eigenvalue weighted by molar-refractivity contribution is 6.32. The van der Waals surface area contributed by atoms with Crippen molar-refractivity contribution in [3.05, 3.63) is 75.5 Å². The SMILES string of the molecule is CCOc1cc(CN2CCC(Nc3ncc(C(=O)Nc4ccc(Cl)cc4)c(C(F)(F)F)n3)CC2)ccc1Cl. The Kier molecular flexibility index (Phi) is 8.96. The number of piperidine rings is 1. The molecule has 1 aromatic heterocycles. The van der Waals surface area contributed by atoms with Gasteiger partial charge < -0.3 is 15.4 Å². The van der Waals surface area contributed by atoms with Crippen LogP contribution in [0.5, 0.6) is 5.75 Å². The predicted octanol–water partition coefficient (Wildman–Crippen LogP) is 6.53. The summed E-state index contributed by atoms with van der Waals surface area (Å²) in [5.41, 5.74) is -0.599. The molecule has 1 saturated heterocycles. The van der Waals surface area contributed by atoms with Crippen LogP contribution in [0.2, 0.25) is 10.0 Å². The molecule has 2 N–H and O–H groups in total. The van der Waals surface area contributed by atoms with E-state index in [2.05, 4.69) is 25.5 Å². The van der Waals surface area contributed by atoms with Gasteiger partial charge in [-0.1, -0.05) is 29.3 Å². The molecule has 4 rings (SSSR count). The number of aromatic nitrogens is 2. The Morgan fingerprint density at radius 3 is 2.50 bits per heavy atom. The average molecular weight is 568 g/mol. The summed E-state index contributed by atoms with van der Waals surface area (Å²) >= 11 is 12.0. The summed E-state index contributed by atoms with van der Waals surface area (Å²) in [7, 11) is 0. The van der Waals surface area contributed by atoms with Gasteiger partial charge in [0.05, 0.1) is 17.2 Å². The van der Waals surface area contributed by atoms with Gasteiger partial charge >= 0.3 is 6.18 Å². The number of hydrogen-bond acceptors (Lipinski definition) is 6. The average Bonchev–Trinajstić information content (AvgIpc) is 2.88. The van der Waals surface area contributed by atoms with E-state index in [9.17, 15) is 18.0 Å². The molecule has 0 spiro atoms. The first-order chi connectivity index (χ1) is 18.1. The van der Waals surface area contributed by atoms with Gasteiger partial charge in [-0.15, -0.1) is 0 Å². The molecule has 0 saturated carbocycles. The zero-order valence-corrected chi connectivity index (χ0v) is 22.0. The standard InChI is InChI=1S/C26H26Cl2F3N5O2/c1-2-38-22-13-16(3-8-21(22)28)15-36-11-9-19(10-12-36)34-25-32-14-20(23(35-25)26(29,30)31)24(37)33-18-6-4-17(27)5-7-18/h3-8,13-14,19H,2,9-12,15H2,1H3,(H,33,37)(H,32,34,35). The Labute approximate surface area is 228 Å². The first-order valence-corrected chi connectivity index (χ1v) is 12.8. The van der Waals surface area contributed by atoms with Crippen molar-refractivity contribution in [2.75, 3.05) is 30.3 Å². The third-order valence-corrected chi connectivity index (χ3v) is 6.59. The lowest BCUT2D eigenvalue weighted by Gasteiger charge is -2.32. The van der Waals surface area contributed by atoms with Crippen molar-refractivity contribution in [3.63, 3.8) is 0 Å². The summed E-state index contributed by atoms with van der Waals surface area (Å²) in [6.45, 7) is 4.59. The number of amides is 1. The lowest BCUT2D eigenvalue weighted by atomic mass is 10.0. The molecule has 38 heavy (non-hydrogen) atoms. The van der Waals surface area contributed by atoms with Crippen LogP contribution in [0.1, 0.15) is 41.4 Å². The molecule has 1 aliphatic heterocycles. The summed E-state index contributed by atoms with van der Waals surface area (Å²) < 4.78 is 46.9. The maximum absolute atomic E-state index is 13.8. The summed E-state index contributed by atoms with van der Waals surface area (Å²) in [5.74, 6) is -0.488. The van der Waals surface area contributed by atoms with Gasteiger partial charge in [-0.3, -0.25) is 9.69 Å². The van der Waals surface area contributed by atoms with E-state index in [1.165, 1.54) is 24.3 Å². The number of hydrogen-bond donors (Lipinski definition) is 2. The van der Waals surface area contributed by atoms with Crippen LogP contribution in [0.15, 0.2) is 48.7 Å². The quantitative estimate of drug-likeness (QED) is 0.322. The van der Waals surface area contributed by atoms with Gasteiger partial charge in [0.15, 0.2) is 5.69 Å². The number of rotatable bonds is 8. The van der Waals surface area contributed by atoms with Gasteiger partial charge in [0.1, 0.15) is 5.75 Å². The second-order valence-electron chi connectivity index (χ2n) is 8.81. The Balaban J connectivity index is 1.38. The van der Waals surface area contributed by atoms with Gasteiger partial charge in [0, 0.05) is 42.6 Å². The minimum absolute atomic E-state index is 0.106. The van der Waals surface area contributed by atoms with Gasteiger partial charge in [0.25, 0.3) is 5.91 Å². The van der Waals surface area contributed by atoms with E-state index in [4.69, 9.17) is 27.9 Å². The fourth-order valence-corrected chi connectivity index (χ4v) is 4.45. The third kappa shape index (κ3) is 7.27. The smallest absolute Gasteiger partial charge is 0.434 e. The largest absolute Gasteiger partial charge is 0.492 e. The number of nitrogens with zero attached hydrogens (tertiary/aromatic N) is 3. The fourth-order valence-electron chi connectivity index (χ4n) is 4.15. The van der Waals surface area contributed by atoms with E-state index >= 15 is 0 Å². The number of ether oxygens (including phenoxy) is 1. The summed E-state index contributed by atoms with van der Waals surface area (Å²) in [6, 6.07) is 11.6. The Morgan fingerprint density at radius 1 is 1.13 bits per heavy atom. The van der Waals surface area contributed by atoms with Crippen molar-refractivity contribution in [1.82, 2.24) is 14.9 Å². The molecule has 2 aromatic carbocycles. The molecule has 0 atom stereocenters. The first-order valence-electron chi connectivity index (χ1n) is 12.0. The number of nitrogens with one attached hydrogen (secondary N) is 2. The van der Waals surface area contributed by atoms with Crippen LogP contribution < -0.4 is 15.4 Å². The van der Waals surface area contributed by atoms with Crippen molar-refractivity contribution in [2.24, 2.45) is 0 Å². The minimum Gasteiger partial charge on any atom is -0.492 e. The van der Waals surface area contributed by atoms with Gasteiger partial charge in [-0.25, -0.2) is 9.97 Å². The van der Waals surface area contributed by atoms with E-state index < -0.39 is 23.3 Å². The van der Waals surface area contributed by atoms with Crippen LogP contribution >= 0.6 is 23.2 Å².